The molecule has 1 heterocycles. The summed E-state index contributed by atoms with van der Waals surface area (Å²) in [7, 11) is 1.29. The molecule has 0 radical (unpaired) electrons. The fraction of sp³-hybridized carbons (Fsp3) is 0.154. The third-order valence-electron chi connectivity index (χ3n) is 2.70. The highest BCUT2D eigenvalue weighted by molar-refractivity contribution is 7.71. The van der Waals surface area contributed by atoms with Crippen molar-refractivity contribution < 1.29 is 9.53 Å². The zero-order valence-corrected chi connectivity index (χ0v) is 13.0. The number of benzene rings is 1. The fourth-order valence-corrected chi connectivity index (χ4v) is 2.46. The van der Waals surface area contributed by atoms with Gasteiger partial charge in [0.25, 0.3) is 0 Å². The maximum Gasteiger partial charge on any atom is 0.342 e. The number of nitrogens with one attached hydrogen (secondary N) is 1. The lowest BCUT2D eigenvalue weighted by Crippen LogP contribution is -2.09. The summed E-state index contributed by atoms with van der Waals surface area (Å²) in [4.78, 5) is 18.8. The average molecular weight is 329 g/mol. The van der Waals surface area contributed by atoms with E-state index in [0.29, 0.717) is 27.1 Å². The predicted octanol–water partition coefficient (Wildman–Crippen LogP) is 4.21. The molecule has 2 rings (SSSR count). The van der Waals surface area contributed by atoms with Gasteiger partial charge >= 0.3 is 5.97 Å². The summed E-state index contributed by atoms with van der Waals surface area (Å²) >= 11 is 17.3. The van der Waals surface area contributed by atoms with E-state index in [4.69, 9.17) is 35.4 Å². The van der Waals surface area contributed by atoms with Crippen LogP contribution in [0.5, 0.6) is 0 Å². The van der Waals surface area contributed by atoms with Gasteiger partial charge in [-0.05, 0) is 19.1 Å². The van der Waals surface area contributed by atoms with Crippen molar-refractivity contribution in [2.24, 2.45) is 0 Å². The Morgan fingerprint density at radius 1 is 1.40 bits per heavy atom. The minimum absolute atomic E-state index is 0.152. The van der Waals surface area contributed by atoms with Crippen LogP contribution in [0.15, 0.2) is 18.2 Å². The van der Waals surface area contributed by atoms with Crippen molar-refractivity contribution in [3.63, 3.8) is 0 Å². The Kier molecular flexibility index (Phi) is 4.42. The zero-order chi connectivity index (χ0) is 14.9. The first kappa shape index (κ1) is 15.0. The van der Waals surface area contributed by atoms with Gasteiger partial charge in [0.1, 0.15) is 16.0 Å². The van der Waals surface area contributed by atoms with E-state index in [1.807, 2.05) is 0 Å². The second-order valence-electron chi connectivity index (χ2n) is 3.98. The van der Waals surface area contributed by atoms with Crippen molar-refractivity contribution in [2.75, 3.05) is 7.11 Å². The quantitative estimate of drug-likeness (QED) is 0.662. The van der Waals surface area contributed by atoms with E-state index in [2.05, 4.69) is 14.7 Å². The van der Waals surface area contributed by atoms with Crippen molar-refractivity contribution in [1.29, 1.82) is 0 Å². The van der Waals surface area contributed by atoms with Crippen LogP contribution in [0.2, 0.25) is 10.0 Å². The van der Waals surface area contributed by atoms with Crippen molar-refractivity contribution in [3.8, 4) is 11.4 Å². The van der Waals surface area contributed by atoms with Gasteiger partial charge in [-0.2, -0.15) is 0 Å². The number of H-pyrrole nitrogens is 1. The Labute approximate surface area is 130 Å². The van der Waals surface area contributed by atoms with Crippen LogP contribution in [0.3, 0.4) is 0 Å². The number of carbonyl (C=O) groups excluding carboxylic acids is 1. The number of esters is 1. The van der Waals surface area contributed by atoms with Crippen molar-refractivity contribution in [1.82, 2.24) is 9.97 Å². The van der Waals surface area contributed by atoms with Crippen LogP contribution in [-0.2, 0) is 4.74 Å². The van der Waals surface area contributed by atoms with E-state index < -0.39 is 5.97 Å². The maximum atomic E-state index is 11.6. The molecule has 0 aliphatic heterocycles. The Hall–Kier alpha value is -1.43. The second-order valence-corrected chi connectivity index (χ2v) is 5.16. The van der Waals surface area contributed by atoms with Gasteiger partial charge in [0.2, 0.25) is 0 Å². The van der Waals surface area contributed by atoms with E-state index >= 15 is 0 Å². The molecule has 0 spiro atoms. The first-order valence-corrected chi connectivity index (χ1v) is 6.75. The molecule has 0 fully saturated rings. The summed E-state index contributed by atoms with van der Waals surface area (Å²) in [6.07, 6.45) is 0. The molecule has 0 saturated heterocycles. The summed E-state index contributed by atoms with van der Waals surface area (Å²) in [6.45, 7) is 1.71. The van der Waals surface area contributed by atoms with Crippen LogP contribution >= 0.6 is 35.4 Å². The molecule has 0 saturated carbocycles. The number of hydrogen-bond donors (Lipinski definition) is 1. The summed E-state index contributed by atoms with van der Waals surface area (Å²) in [5, 5.41) is 0.789. The van der Waals surface area contributed by atoms with Gasteiger partial charge in [0, 0.05) is 11.3 Å². The van der Waals surface area contributed by atoms with Crippen molar-refractivity contribution >= 4 is 41.4 Å². The summed E-state index contributed by atoms with van der Waals surface area (Å²) in [5.41, 5.74) is 1.41. The number of aromatic nitrogens is 2. The monoisotopic (exact) mass is 328 g/mol. The minimum atomic E-state index is -0.528. The number of aromatic amines is 1. The topological polar surface area (TPSA) is 55.0 Å². The Morgan fingerprint density at radius 3 is 2.70 bits per heavy atom. The molecule has 0 amide bonds. The van der Waals surface area contributed by atoms with Gasteiger partial charge in [0.15, 0.2) is 0 Å². The molecule has 7 heteroatoms. The SMILES string of the molecule is COC(=O)c1c(C)[nH]c(-c2cccc(Cl)c2Cl)nc1=S. The van der Waals surface area contributed by atoms with Crippen LogP contribution in [0.4, 0.5) is 0 Å². The van der Waals surface area contributed by atoms with Gasteiger partial charge in [-0.3, -0.25) is 0 Å². The highest BCUT2D eigenvalue weighted by Gasteiger charge is 2.16. The number of aryl methyl sites for hydroxylation is 1. The molecule has 1 aromatic carbocycles. The van der Waals surface area contributed by atoms with Crippen LogP contribution in [0, 0.1) is 11.6 Å². The molecule has 0 aliphatic carbocycles. The molecule has 2 aromatic rings. The molecule has 104 valence electrons. The lowest BCUT2D eigenvalue weighted by molar-refractivity contribution is 0.0598. The number of carbonyl (C=O) groups is 1. The van der Waals surface area contributed by atoms with E-state index in [9.17, 15) is 4.79 Å². The minimum Gasteiger partial charge on any atom is -0.465 e. The van der Waals surface area contributed by atoms with Crippen LogP contribution in [0.25, 0.3) is 11.4 Å². The van der Waals surface area contributed by atoms with Gasteiger partial charge in [-0.1, -0.05) is 41.5 Å². The number of halogens is 2. The Balaban J connectivity index is 2.64. The fourth-order valence-electron chi connectivity index (χ4n) is 1.74. The first-order chi connectivity index (χ1) is 9.45. The lowest BCUT2D eigenvalue weighted by atomic mass is 10.2. The summed E-state index contributed by atoms with van der Waals surface area (Å²) in [5.74, 6) is -0.0763. The molecular formula is C13H10Cl2N2O2S. The molecule has 1 aromatic heterocycles. The molecule has 20 heavy (non-hydrogen) atoms. The molecule has 1 N–H and O–H groups in total. The smallest absolute Gasteiger partial charge is 0.342 e. The molecule has 4 nitrogen and oxygen atoms in total. The van der Waals surface area contributed by atoms with Gasteiger partial charge < -0.3 is 9.72 Å². The molecule has 0 unspecified atom stereocenters. The normalized spacial score (nSPS) is 10.4. The average Bonchev–Trinajstić information content (AvgIpc) is 2.40. The van der Waals surface area contributed by atoms with E-state index in [1.165, 1.54) is 7.11 Å². The van der Waals surface area contributed by atoms with Gasteiger partial charge in [-0.25, -0.2) is 9.78 Å². The molecule has 0 bridgehead atoms. The number of hydrogen-bond acceptors (Lipinski definition) is 4. The third-order valence-corrected chi connectivity index (χ3v) is 3.82. The number of methoxy groups -OCH3 is 1. The molecule has 0 aliphatic rings. The maximum absolute atomic E-state index is 11.6. The van der Waals surface area contributed by atoms with E-state index in [-0.39, 0.29) is 10.2 Å². The number of rotatable bonds is 2. The molecule has 0 atom stereocenters. The second kappa shape index (κ2) is 5.91. The summed E-state index contributed by atoms with van der Waals surface area (Å²) in [6, 6.07) is 5.20. The van der Waals surface area contributed by atoms with Gasteiger partial charge in [-0.15, -0.1) is 0 Å². The number of nitrogens with zero attached hydrogens (tertiary/aromatic N) is 1. The summed E-state index contributed by atoms with van der Waals surface area (Å²) < 4.78 is 4.83. The zero-order valence-electron chi connectivity index (χ0n) is 10.7. The Bertz CT molecular complexity index is 744. The predicted molar refractivity (Wildman–Crippen MR) is 81.0 cm³/mol. The Morgan fingerprint density at radius 2 is 2.10 bits per heavy atom. The van der Waals surface area contributed by atoms with Gasteiger partial charge in [0.05, 0.1) is 17.2 Å². The largest absolute Gasteiger partial charge is 0.465 e. The standard InChI is InChI=1S/C13H10Cl2N2O2S/c1-6-9(13(18)19-2)12(20)17-11(16-6)7-4-3-5-8(14)10(7)15/h3-5H,1-2H3,(H,16,17,20). The first-order valence-electron chi connectivity index (χ1n) is 5.59. The van der Waals surface area contributed by atoms with Crippen LogP contribution < -0.4 is 0 Å². The van der Waals surface area contributed by atoms with E-state index in [1.54, 1.807) is 25.1 Å². The van der Waals surface area contributed by atoms with E-state index in [0.717, 1.165) is 0 Å². The van der Waals surface area contributed by atoms with Crippen LogP contribution in [0.1, 0.15) is 16.1 Å². The van der Waals surface area contributed by atoms with Crippen molar-refractivity contribution in [2.45, 2.75) is 6.92 Å². The highest BCUT2D eigenvalue weighted by Crippen LogP contribution is 2.31. The lowest BCUT2D eigenvalue weighted by Gasteiger charge is -2.09. The molecular weight excluding hydrogens is 319 g/mol. The van der Waals surface area contributed by atoms with Crippen molar-refractivity contribution in [3.05, 3.63) is 44.1 Å². The van der Waals surface area contributed by atoms with Crippen LogP contribution in [-0.4, -0.2) is 23.0 Å². The number of ether oxygens (including phenoxy) is 1. The highest BCUT2D eigenvalue weighted by atomic mass is 35.5. The third kappa shape index (κ3) is 2.70.